The molecule has 7 heteroatoms. The van der Waals surface area contributed by atoms with Crippen LogP contribution in [-0.4, -0.2) is 23.0 Å². The standard InChI is InChI=1S/C21H21ClN4O2/c1-12-9-13(2)20(17(22)10-12)26-21(27)18-11-19(24-14(3)23-18)25-15-5-7-16(28-4)8-6-15/h5-11H,1-4H3,(H,26,27)(H,23,24,25). The summed E-state index contributed by atoms with van der Waals surface area (Å²) in [4.78, 5) is 21.3. The number of aromatic nitrogens is 2. The zero-order valence-corrected chi connectivity index (χ0v) is 16.9. The lowest BCUT2D eigenvalue weighted by Crippen LogP contribution is -2.16. The summed E-state index contributed by atoms with van der Waals surface area (Å²) in [7, 11) is 1.61. The number of anilines is 3. The van der Waals surface area contributed by atoms with Gasteiger partial charge in [-0.3, -0.25) is 4.79 Å². The van der Waals surface area contributed by atoms with Gasteiger partial charge < -0.3 is 15.4 Å². The molecule has 0 saturated carbocycles. The highest BCUT2D eigenvalue weighted by Gasteiger charge is 2.14. The first-order valence-corrected chi connectivity index (χ1v) is 9.08. The number of methoxy groups -OCH3 is 1. The summed E-state index contributed by atoms with van der Waals surface area (Å²) in [5, 5.41) is 6.52. The van der Waals surface area contributed by atoms with Gasteiger partial charge in [0.2, 0.25) is 0 Å². The number of rotatable bonds is 5. The van der Waals surface area contributed by atoms with Crippen molar-refractivity contribution in [3.63, 3.8) is 0 Å². The maximum atomic E-state index is 12.7. The zero-order chi connectivity index (χ0) is 20.3. The van der Waals surface area contributed by atoms with Gasteiger partial charge in [0.15, 0.2) is 0 Å². The van der Waals surface area contributed by atoms with Gasteiger partial charge >= 0.3 is 0 Å². The molecule has 0 unspecified atom stereocenters. The summed E-state index contributed by atoms with van der Waals surface area (Å²) in [6, 6.07) is 12.8. The lowest BCUT2D eigenvalue weighted by atomic mass is 10.1. The predicted molar refractivity (Wildman–Crippen MR) is 112 cm³/mol. The van der Waals surface area contributed by atoms with Crippen LogP contribution in [0.1, 0.15) is 27.4 Å². The molecule has 28 heavy (non-hydrogen) atoms. The number of amides is 1. The van der Waals surface area contributed by atoms with Crippen molar-refractivity contribution >= 4 is 34.7 Å². The van der Waals surface area contributed by atoms with Crippen LogP contribution in [0.25, 0.3) is 0 Å². The van der Waals surface area contributed by atoms with E-state index in [0.29, 0.717) is 22.4 Å². The van der Waals surface area contributed by atoms with Crippen molar-refractivity contribution < 1.29 is 9.53 Å². The van der Waals surface area contributed by atoms with Crippen LogP contribution < -0.4 is 15.4 Å². The minimum Gasteiger partial charge on any atom is -0.497 e. The maximum absolute atomic E-state index is 12.7. The fourth-order valence-corrected chi connectivity index (χ4v) is 3.19. The van der Waals surface area contributed by atoms with Gasteiger partial charge in [-0.25, -0.2) is 9.97 Å². The summed E-state index contributed by atoms with van der Waals surface area (Å²) in [5.74, 6) is 1.41. The first kappa shape index (κ1) is 19.6. The van der Waals surface area contributed by atoms with Crippen molar-refractivity contribution in [3.8, 4) is 5.75 Å². The summed E-state index contributed by atoms with van der Waals surface area (Å²) in [6.07, 6.45) is 0. The Labute approximate surface area is 168 Å². The molecule has 1 heterocycles. The van der Waals surface area contributed by atoms with E-state index in [1.807, 2.05) is 50.2 Å². The van der Waals surface area contributed by atoms with Crippen molar-refractivity contribution in [3.05, 3.63) is 70.1 Å². The Morgan fingerprint density at radius 2 is 1.75 bits per heavy atom. The number of halogens is 1. The van der Waals surface area contributed by atoms with Crippen LogP contribution in [0, 0.1) is 20.8 Å². The van der Waals surface area contributed by atoms with Gasteiger partial charge in [-0.2, -0.15) is 0 Å². The molecule has 0 atom stereocenters. The van der Waals surface area contributed by atoms with Crippen molar-refractivity contribution in [2.75, 3.05) is 17.7 Å². The van der Waals surface area contributed by atoms with Crippen LogP contribution in [0.4, 0.5) is 17.2 Å². The number of benzene rings is 2. The number of ether oxygens (including phenoxy) is 1. The van der Waals surface area contributed by atoms with Gasteiger partial charge in [0.1, 0.15) is 23.1 Å². The van der Waals surface area contributed by atoms with Crippen LogP contribution in [-0.2, 0) is 0 Å². The SMILES string of the molecule is COc1ccc(Nc2cc(C(=O)Nc3c(C)cc(C)cc3Cl)nc(C)n2)cc1. The topological polar surface area (TPSA) is 76.1 Å². The van der Waals surface area contributed by atoms with E-state index in [4.69, 9.17) is 16.3 Å². The van der Waals surface area contributed by atoms with Crippen LogP contribution in [0.15, 0.2) is 42.5 Å². The van der Waals surface area contributed by atoms with E-state index in [9.17, 15) is 4.79 Å². The molecule has 6 nitrogen and oxygen atoms in total. The van der Waals surface area contributed by atoms with Gasteiger partial charge in [-0.1, -0.05) is 17.7 Å². The van der Waals surface area contributed by atoms with Crippen molar-refractivity contribution in [2.24, 2.45) is 0 Å². The normalized spacial score (nSPS) is 10.5. The van der Waals surface area contributed by atoms with Gasteiger partial charge in [0.25, 0.3) is 5.91 Å². The second kappa shape index (κ2) is 8.27. The Morgan fingerprint density at radius 3 is 2.39 bits per heavy atom. The van der Waals surface area contributed by atoms with E-state index < -0.39 is 0 Å². The second-order valence-corrected chi connectivity index (χ2v) is 6.84. The van der Waals surface area contributed by atoms with Crippen molar-refractivity contribution in [1.82, 2.24) is 9.97 Å². The van der Waals surface area contributed by atoms with E-state index in [1.54, 1.807) is 20.1 Å². The molecular weight excluding hydrogens is 376 g/mol. The molecule has 2 aromatic carbocycles. The van der Waals surface area contributed by atoms with Crippen LogP contribution in [0.3, 0.4) is 0 Å². The largest absolute Gasteiger partial charge is 0.497 e. The van der Waals surface area contributed by atoms with E-state index in [0.717, 1.165) is 22.6 Å². The molecule has 0 saturated heterocycles. The Kier molecular flexibility index (Phi) is 5.80. The molecule has 0 aliphatic carbocycles. The maximum Gasteiger partial charge on any atom is 0.274 e. The minimum absolute atomic E-state index is 0.250. The quantitative estimate of drug-likeness (QED) is 0.630. The summed E-state index contributed by atoms with van der Waals surface area (Å²) >= 11 is 6.29. The van der Waals surface area contributed by atoms with Crippen LogP contribution in [0.5, 0.6) is 5.75 Å². The van der Waals surface area contributed by atoms with E-state index in [1.165, 1.54) is 0 Å². The third-order valence-corrected chi connectivity index (χ3v) is 4.40. The molecule has 0 aliphatic heterocycles. The highest BCUT2D eigenvalue weighted by molar-refractivity contribution is 6.34. The lowest BCUT2D eigenvalue weighted by Gasteiger charge is -2.12. The molecule has 1 aromatic heterocycles. The third kappa shape index (κ3) is 4.58. The number of aryl methyl sites for hydroxylation is 3. The smallest absolute Gasteiger partial charge is 0.274 e. The lowest BCUT2D eigenvalue weighted by molar-refractivity contribution is 0.102. The number of carbonyl (C=O) groups is 1. The van der Waals surface area contributed by atoms with Crippen LogP contribution >= 0.6 is 11.6 Å². The van der Waals surface area contributed by atoms with E-state index >= 15 is 0 Å². The molecule has 0 spiro atoms. The van der Waals surface area contributed by atoms with Gasteiger partial charge in [0, 0.05) is 11.8 Å². The fraction of sp³-hybridized carbons (Fsp3) is 0.190. The molecular formula is C21H21ClN4O2. The Hall–Kier alpha value is -3.12. The molecule has 0 aliphatic rings. The number of nitrogens with one attached hydrogen (secondary N) is 2. The highest BCUT2D eigenvalue weighted by Crippen LogP contribution is 2.28. The average Bonchev–Trinajstić information content (AvgIpc) is 2.64. The number of hydrogen-bond acceptors (Lipinski definition) is 5. The molecule has 0 fully saturated rings. The second-order valence-electron chi connectivity index (χ2n) is 6.43. The molecule has 3 aromatic rings. The summed E-state index contributed by atoms with van der Waals surface area (Å²) < 4.78 is 5.16. The number of hydrogen-bond donors (Lipinski definition) is 2. The average molecular weight is 397 g/mol. The summed E-state index contributed by atoms with van der Waals surface area (Å²) in [5.41, 5.74) is 3.57. The van der Waals surface area contributed by atoms with Gasteiger partial charge in [-0.15, -0.1) is 0 Å². The van der Waals surface area contributed by atoms with Crippen LogP contribution in [0.2, 0.25) is 5.02 Å². The Balaban J connectivity index is 1.83. The monoisotopic (exact) mass is 396 g/mol. The first-order valence-electron chi connectivity index (χ1n) is 8.70. The Bertz CT molecular complexity index is 996. The van der Waals surface area contributed by atoms with Gasteiger partial charge in [0.05, 0.1) is 17.8 Å². The summed E-state index contributed by atoms with van der Waals surface area (Å²) in [6.45, 7) is 5.59. The number of carbonyl (C=O) groups excluding carboxylic acids is 1. The van der Waals surface area contributed by atoms with E-state index in [-0.39, 0.29) is 11.6 Å². The Morgan fingerprint density at radius 1 is 1.04 bits per heavy atom. The number of nitrogens with zero attached hydrogens (tertiary/aromatic N) is 2. The molecule has 0 bridgehead atoms. The molecule has 144 valence electrons. The molecule has 0 radical (unpaired) electrons. The zero-order valence-electron chi connectivity index (χ0n) is 16.1. The van der Waals surface area contributed by atoms with Crippen molar-refractivity contribution in [1.29, 1.82) is 0 Å². The first-order chi connectivity index (χ1) is 13.4. The molecule has 3 rings (SSSR count). The van der Waals surface area contributed by atoms with E-state index in [2.05, 4.69) is 20.6 Å². The highest BCUT2D eigenvalue weighted by atomic mass is 35.5. The molecule has 1 amide bonds. The fourth-order valence-electron chi connectivity index (χ4n) is 2.82. The third-order valence-electron chi connectivity index (χ3n) is 4.10. The van der Waals surface area contributed by atoms with Crippen molar-refractivity contribution in [2.45, 2.75) is 20.8 Å². The molecule has 2 N–H and O–H groups in total. The minimum atomic E-state index is -0.350. The predicted octanol–water partition coefficient (Wildman–Crippen LogP) is 5.06. The van der Waals surface area contributed by atoms with Gasteiger partial charge in [-0.05, 0) is 62.2 Å².